The van der Waals surface area contributed by atoms with Crippen LogP contribution in [0.2, 0.25) is 0 Å². The van der Waals surface area contributed by atoms with Crippen LogP contribution in [0.3, 0.4) is 0 Å². The van der Waals surface area contributed by atoms with Gasteiger partial charge in [-0.05, 0) is 0 Å². The average molecular weight is 297 g/mol. The first-order valence-electron chi connectivity index (χ1n) is 5.22. The molecule has 0 saturated carbocycles. The van der Waals surface area contributed by atoms with Crippen molar-refractivity contribution in [3.63, 3.8) is 0 Å². The topological polar surface area (TPSA) is 0 Å². The van der Waals surface area contributed by atoms with E-state index in [1.807, 2.05) is 0 Å². The van der Waals surface area contributed by atoms with E-state index in [4.69, 9.17) is 0 Å². The number of benzene rings is 2. The molecule has 0 fully saturated rings. The van der Waals surface area contributed by atoms with E-state index in [0.29, 0.717) is 0 Å². The molecule has 15 heavy (non-hydrogen) atoms. The third-order valence-corrected chi connectivity index (χ3v) is 6.59. The molecule has 0 nitrogen and oxygen atoms in total. The van der Waals surface area contributed by atoms with Crippen molar-refractivity contribution in [3.05, 3.63) is 59.7 Å². The number of hydrogen-bond acceptors (Lipinski definition) is 0. The van der Waals surface area contributed by atoms with Crippen LogP contribution in [0, 0.1) is 13.8 Å². The molecule has 0 heterocycles. The molecular weight excluding hydrogens is 283 g/mol. The zero-order valence-corrected chi connectivity index (χ0v) is 12.5. The molecule has 0 aliphatic rings. The van der Waals surface area contributed by atoms with Gasteiger partial charge in [0.1, 0.15) is 0 Å². The van der Waals surface area contributed by atoms with Gasteiger partial charge in [0.25, 0.3) is 0 Å². The molecule has 2 aromatic rings. The average Bonchev–Trinajstić information content (AvgIpc) is 2.25. The molecule has 0 amide bonds. The Hall–Kier alpha value is -0.690. The van der Waals surface area contributed by atoms with Crippen molar-refractivity contribution in [2.45, 2.75) is 13.8 Å². The Bertz CT molecular complexity index is 382. The van der Waals surface area contributed by atoms with Crippen LogP contribution in [0.1, 0.15) is 11.1 Å². The van der Waals surface area contributed by atoms with Gasteiger partial charge in [0, 0.05) is 0 Å². The van der Waals surface area contributed by atoms with E-state index in [1.165, 1.54) is 11.1 Å². The van der Waals surface area contributed by atoms with Crippen molar-refractivity contribution < 1.29 is 0 Å². The minimum absolute atomic E-state index is 0.742. The Morgan fingerprint density at radius 3 is 1.27 bits per heavy atom. The van der Waals surface area contributed by atoms with Crippen molar-refractivity contribution in [2.75, 3.05) is 0 Å². The quantitative estimate of drug-likeness (QED) is 0.795. The molecule has 1 radical (unpaired) electrons. The number of rotatable bonds is 2. The predicted molar refractivity (Wildman–Crippen MR) is 67.4 cm³/mol. The molecule has 0 aliphatic carbocycles. The Balaban J connectivity index is 2.15. The van der Waals surface area contributed by atoms with Crippen LogP contribution in [0.25, 0.3) is 0 Å². The van der Waals surface area contributed by atoms with E-state index < -0.39 is 22.9 Å². The van der Waals surface area contributed by atoms with Crippen molar-refractivity contribution in [1.82, 2.24) is 0 Å². The molecule has 0 saturated heterocycles. The van der Waals surface area contributed by atoms with E-state index >= 15 is 0 Å². The summed E-state index contributed by atoms with van der Waals surface area (Å²) in [6.45, 7) is 4.28. The first-order chi connectivity index (χ1) is 7.24. The molecule has 0 N–H and O–H groups in total. The van der Waals surface area contributed by atoms with E-state index in [0.717, 1.165) is 0 Å². The molecule has 0 atom stereocenters. The third-order valence-electron chi connectivity index (χ3n) is 2.49. The van der Waals surface area contributed by atoms with Gasteiger partial charge in [-0.3, -0.25) is 0 Å². The molecule has 0 bridgehead atoms. The summed E-state index contributed by atoms with van der Waals surface area (Å²) in [5.41, 5.74) is 2.70. The van der Waals surface area contributed by atoms with E-state index in [9.17, 15) is 0 Å². The van der Waals surface area contributed by atoms with Crippen LogP contribution < -0.4 is 6.64 Å². The fourth-order valence-corrected chi connectivity index (χ4v) is 4.81. The normalized spacial score (nSPS) is 10.0. The summed E-state index contributed by atoms with van der Waals surface area (Å²) in [5.74, 6) is 0. The minimum atomic E-state index is -0.742. The van der Waals surface area contributed by atoms with Crippen molar-refractivity contribution >= 4 is 29.5 Å². The fourth-order valence-electron chi connectivity index (χ4n) is 1.52. The molecule has 2 aromatic carbocycles. The van der Waals surface area contributed by atoms with Crippen LogP contribution in [0.15, 0.2) is 48.5 Å². The maximum atomic E-state index is 2.29. The second-order valence-corrected chi connectivity index (χ2v) is 8.60. The second-order valence-electron chi connectivity index (χ2n) is 3.97. The van der Waals surface area contributed by atoms with Crippen LogP contribution in [-0.2, 0) is 0 Å². The number of aryl methyl sites for hydroxylation is 2. The molecule has 0 aliphatic heterocycles. The van der Waals surface area contributed by atoms with Gasteiger partial charge in [0.2, 0.25) is 0 Å². The van der Waals surface area contributed by atoms with E-state index in [1.54, 1.807) is 6.64 Å². The summed E-state index contributed by atoms with van der Waals surface area (Å²) in [7, 11) is 0. The first kappa shape index (κ1) is 10.8. The van der Waals surface area contributed by atoms with Crippen LogP contribution >= 0.6 is 0 Å². The van der Waals surface area contributed by atoms with E-state index in [-0.39, 0.29) is 0 Å². The fraction of sp³-hybridized carbons (Fsp3) is 0.143. The standard InChI is InChI=1S/2C7H7.In/c2*1-7-5-3-2-4-6-7;/h2*3-6H,1H3;. The summed E-state index contributed by atoms with van der Waals surface area (Å²) in [6, 6.07) is 18.0. The van der Waals surface area contributed by atoms with Crippen molar-refractivity contribution in [1.29, 1.82) is 0 Å². The molecular formula is C14H14In. The van der Waals surface area contributed by atoms with Gasteiger partial charge in [0.05, 0.1) is 0 Å². The van der Waals surface area contributed by atoms with E-state index in [2.05, 4.69) is 62.4 Å². The van der Waals surface area contributed by atoms with Crippen LogP contribution in [0.5, 0.6) is 0 Å². The van der Waals surface area contributed by atoms with Crippen molar-refractivity contribution in [3.8, 4) is 0 Å². The zero-order valence-electron chi connectivity index (χ0n) is 9.20. The van der Waals surface area contributed by atoms with Gasteiger partial charge in [0.15, 0.2) is 0 Å². The maximum absolute atomic E-state index is 2.29. The monoisotopic (exact) mass is 297 g/mol. The summed E-state index contributed by atoms with van der Waals surface area (Å²) < 4.78 is 3.14. The molecule has 0 spiro atoms. The zero-order chi connectivity index (χ0) is 10.7. The SMILES string of the molecule is Cc1cc[c]([In][c]2ccc(C)cc2)cc1. The molecule has 1 heteroatoms. The Morgan fingerprint density at radius 1 is 0.600 bits per heavy atom. The van der Waals surface area contributed by atoms with Gasteiger partial charge in [-0.2, -0.15) is 0 Å². The first-order valence-corrected chi connectivity index (χ1v) is 8.52. The second kappa shape index (κ2) is 4.89. The number of hydrogen-bond donors (Lipinski definition) is 0. The molecule has 0 unspecified atom stereocenters. The summed E-state index contributed by atoms with van der Waals surface area (Å²) in [6.07, 6.45) is 0. The van der Waals surface area contributed by atoms with Gasteiger partial charge < -0.3 is 0 Å². The van der Waals surface area contributed by atoms with Crippen LogP contribution in [0.4, 0.5) is 0 Å². The van der Waals surface area contributed by atoms with Crippen molar-refractivity contribution in [2.24, 2.45) is 0 Å². The summed E-state index contributed by atoms with van der Waals surface area (Å²) >= 11 is -0.742. The Morgan fingerprint density at radius 2 is 0.933 bits per heavy atom. The molecule has 0 aromatic heterocycles. The van der Waals surface area contributed by atoms with Gasteiger partial charge in [-0.25, -0.2) is 0 Å². The molecule has 2 rings (SSSR count). The van der Waals surface area contributed by atoms with Crippen LogP contribution in [-0.4, -0.2) is 22.9 Å². The van der Waals surface area contributed by atoms with Gasteiger partial charge in [-0.1, -0.05) is 0 Å². The molecule has 73 valence electrons. The Kier molecular flexibility index (Phi) is 3.53. The predicted octanol–water partition coefficient (Wildman–Crippen LogP) is 1.96. The summed E-state index contributed by atoms with van der Waals surface area (Å²) in [4.78, 5) is 0. The van der Waals surface area contributed by atoms with Gasteiger partial charge in [-0.15, -0.1) is 0 Å². The Labute approximate surface area is 103 Å². The van der Waals surface area contributed by atoms with Gasteiger partial charge >= 0.3 is 103 Å². The third kappa shape index (κ3) is 3.13. The summed E-state index contributed by atoms with van der Waals surface area (Å²) in [5, 5.41) is 0.